The van der Waals surface area contributed by atoms with Crippen LogP contribution < -0.4 is 5.73 Å². The van der Waals surface area contributed by atoms with Crippen LogP contribution in [-0.2, 0) is 6.42 Å². The first-order chi connectivity index (χ1) is 7.72. The molecule has 16 heavy (non-hydrogen) atoms. The second kappa shape index (κ2) is 7.09. The molecular formula is C15H21N. The lowest BCUT2D eigenvalue weighted by Crippen LogP contribution is -2.20. The highest BCUT2D eigenvalue weighted by molar-refractivity contribution is 5.22. The maximum atomic E-state index is 6.03. The van der Waals surface area contributed by atoms with Gasteiger partial charge in [-0.15, -0.1) is 11.8 Å². The summed E-state index contributed by atoms with van der Waals surface area (Å²) in [5, 5.41) is 0. The first-order valence-corrected chi connectivity index (χ1v) is 5.93. The topological polar surface area (TPSA) is 26.0 Å². The predicted molar refractivity (Wildman–Crippen MR) is 70.2 cm³/mol. The van der Waals surface area contributed by atoms with Crippen molar-refractivity contribution in [1.82, 2.24) is 0 Å². The minimum atomic E-state index is 0.279. The molecule has 0 aliphatic carbocycles. The Hall–Kier alpha value is -1.26. The summed E-state index contributed by atoms with van der Waals surface area (Å²) in [4.78, 5) is 0. The third-order valence-electron chi connectivity index (χ3n) is 2.70. The van der Waals surface area contributed by atoms with E-state index in [4.69, 9.17) is 5.73 Å². The lowest BCUT2D eigenvalue weighted by atomic mass is 10.0. The average Bonchev–Trinajstić information content (AvgIpc) is 2.27. The largest absolute Gasteiger partial charge is 0.328 e. The van der Waals surface area contributed by atoms with E-state index in [1.54, 1.807) is 0 Å². The van der Waals surface area contributed by atoms with Crippen LogP contribution in [0.3, 0.4) is 0 Å². The van der Waals surface area contributed by atoms with Crippen molar-refractivity contribution in [2.24, 2.45) is 5.73 Å². The minimum Gasteiger partial charge on any atom is -0.328 e. The number of hydrogen-bond donors (Lipinski definition) is 1. The average molecular weight is 215 g/mol. The zero-order valence-electron chi connectivity index (χ0n) is 10.3. The van der Waals surface area contributed by atoms with Gasteiger partial charge in [0.05, 0.1) is 0 Å². The molecule has 0 amide bonds. The molecule has 1 unspecified atom stereocenters. The Bertz CT molecular complexity index is 371. The Morgan fingerprint density at radius 1 is 1.31 bits per heavy atom. The van der Waals surface area contributed by atoms with Gasteiger partial charge in [0.15, 0.2) is 0 Å². The van der Waals surface area contributed by atoms with Gasteiger partial charge in [-0.1, -0.05) is 29.8 Å². The van der Waals surface area contributed by atoms with Gasteiger partial charge in [0.1, 0.15) is 0 Å². The van der Waals surface area contributed by atoms with E-state index in [9.17, 15) is 0 Å². The van der Waals surface area contributed by atoms with Crippen LogP contribution in [0.2, 0.25) is 0 Å². The molecule has 0 spiro atoms. The van der Waals surface area contributed by atoms with E-state index in [-0.39, 0.29) is 6.04 Å². The van der Waals surface area contributed by atoms with Gasteiger partial charge in [0.25, 0.3) is 0 Å². The SMILES string of the molecule is CC#CCCC(N)CCc1cccc(C)c1. The van der Waals surface area contributed by atoms with E-state index < -0.39 is 0 Å². The molecule has 0 heterocycles. The van der Waals surface area contributed by atoms with Gasteiger partial charge in [-0.05, 0) is 38.7 Å². The van der Waals surface area contributed by atoms with Crippen LogP contribution in [0.4, 0.5) is 0 Å². The second-order valence-electron chi connectivity index (χ2n) is 4.25. The lowest BCUT2D eigenvalue weighted by molar-refractivity contribution is 0.578. The molecule has 1 rings (SSSR count). The first-order valence-electron chi connectivity index (χ1n) is 5.93. The monoisotopic (exact) mass is 215 g/mol. The van der Waals surface area contributed by atoms with E-state index in [0.29, 0.717) is 0 Å². The molecule has 86 valence electrons. The Morgan fingerprint density at radius 3 is 2.81 bits per heavy atom. The summed E-state index contributed by atoms with van der Waals surface area (Å²) in [6.45, 7) is 4.00. The summed E-state index contributed by atoms with van der Waals surface area (Å²) < 4.78 is 0. The molecule has 0 radical (unpaired) electrons. The summed E-state index contributed by atoms with van der Waals surface area (Å²) >= 11 is 0. The van der Waals surface area contributed by atoms with Crippen LogP contribution in [0.25, 0.3) is 0 Å². The van der Waals surface area contributed by atoms with Crippen molar-refractivity contribution in [3.63, 3.8) is 0 Å². The maximum Gasteiger partial charge on any atom is 0.0103 e. The molecule has 1 aromatic carbocycles. The van der Waals surface area contributed by atoms with Gasteiger partial charge in [-0.3, -0.25) is 0 Å². The van der Waals surface area contributed by atoms with Gasteiger partial charge in [0.2, 0.25) is 0 Å². The van der Waals surface area contributed by atoms with Gasteiger partial charge in [0, 0.05) is 12.5 Å². The lowest BCUT2D eigenvalue weighted by Gasteiger charge is -2.09. The summed E-state index contributed by atoms with van der Waals surface area (Å²) in [5.74, 6) is 5.96. The molecule has 0 bridgehead atoms. The fourth-order valence-electron chi connectivity index (χ4n) is 1.75. The van der Waals surface area contributed by atoms with Crippen molar-refractivity contribution in [3.05, 3.63) is 35.4 Å². The molecule has 0 aliphatic heterocycles. The smallest absolute Gasteiger partial charge is 0.0103 e. The highest BCUT2D eigenvalue weighted by Crippen LogP contribution is 2.09. The van der Waals surface area contributed by atoms with Crippen molar-refractivity contribution in [3.8, 4) is 11.8 Å². The number of hydrogen-bond acceptors (Lipinski definition) is 1. The van der Waals surface area contributed by atoms with E-state index in [2.05, 4.69) is 43.0 Å². The quantitative estimate of drug-likeness (QED) is 0.751. The molecule has 0 saturated heterocycles. The second-order valence-corrected chi connectivity index (χ2v) is 4.25. The van der Waals surface area contributed by atoms with E-state index in [0.717, 1.165) is 25.7 Å². The van der Waals surface area contributed by atoms with Gasteiger partial charge < -0.3 is 5.73 Å². The highest BCUT2D eigenvalue weighted by Gasteiger charge is 2.02. The fourth-order valence-corrected chi connectivity index (χ4v) is 1.75. The number of benzene rings is 1. The van der Waals surface area contributed by atoms with Gasteiger partial charge in [-0.2, -0.15) is 0 Å². The van der Waals surface area contributed by atoms with Gasteiger partial charge in [-0.25, -0.2) is 0 Å². The standard InChI is InChI=1S/C15H21N/c1-3-4-5-9-15(16)11-10-14-8-6-7-13(2)12-14/h6-8,12,15H,5,9-11,16H2,1-2H3. The van der Waals surface area contributed by atoms with Crippen molar-refractivity contribution < 1.29 is 0 Å². The molecule has 0 aromatic heterocycles. The van der Waals surface area contributed by atoms with Crippen molar-refractivity contribution in [2.45, 2.75) is 45.6 Å². The van der Waals surface area contributed by atoms with Crippen LogP contribution >= 0.6 is 0 Å². The maximum absolute atomic E-state index is 6.03. The van der Waals surface area contributed by atoms with Crippen molar-refractivity contribution in [1.29, 1.82) is 0 Å². The summed E-state index contributed by atoms with van der Waals surface area (Å²) in [6.07, 6.45) is 4.05. The molecular weight excluding hydrogens is 194 g/mol. The zero-order valence-corrected chi connectivity index (χ0v) is 10.3. The van der Waals surface area contributed by atoms with E-state index >= 15 is 0 Å². The zero-order chi connectivity index (χ0) is 11.8. The molecule has 1 heteroatoms. The fraction of sp³-hybridized carbons (Fsp3) is 0.467. The number of rotatable bonds is 5. The van der Waals surface area contributed by atoms with E-state index in [1.165, 1.54) is 11.1 Å². The molecule has 0 aliphatic rings. The summed E-state index contributed by atoms with van der Waals surface area (Å²) in [5.41, 5.74) is 8.74. The Balaban J connectivity index is 2.30. The third-order valence-corrected chi connectivity index (χ3v) is 2.70. The number of aryl methyl sites for hydroxylation is 2. The highest BCUT2D eigenvalue weighted by atomic mass is 14.6. The van der Waals surface area contributed by atoms with Crippen LogP contribution in [0, 0.1) is 18.8 Å². The van der Waals surface area contributed by atoms with E-state index in [1.807, 2.05) is 6.92 Å². The van der Waals surface area contributed by atoms with Crippen molar-refractivity contribution >= 4 is 0 Å². The first kappa shape index (κ1) is 12.8. The minimum absolute atomic E-state index is 0.279. The van der Waals surface area contributed by atoms with Gasteiger partial charge >= 0.3 is 0 Å². The summed E-state index contributed by atoms with van der Waals surface area (Å²) in [7, 11) is 0. The van der Waals surface area contributed by atoms with Crippen LogP contribution in [0.5, 0.6) is 0 Å². The molecule has 1 aromatic rings. The number of nitrogens with two attached hydrogens (primary N) is 1. The molecule has 0 saturated carbocycles. The third kappa shape index (κ3) is 5.00. The van der Waals surface area contributed by atoms with Crippen LogP contribution in [0.1, 0.15) is 37.3 Å². The Kier molecular flexibility index (Phi) is 5.67. The molecule has 1 nitrogen and oxygen atoms in total. The predicted octanol–water partition coefficient (Wildman–Crippen LogP) is 3.06. The molecule has 2 N–H and O–H groups in total. The Morgan fingerprint density at radius 2 is 2.12 bits per heavy atom. The van der Waals surface area contributed by atoms with Crippen molar-refractivity contribution in [2.75, 3.05) is 0 Å². The summed E-state index contributed by atoms with van der Waals surface area (Å²) in [6, 6.07) is 8.92. The van der Waals surface area contributed by atoms with Crippen LogP contribution in [-0.4, -0.2) is 6.04 Å². The van der Waals surface area contributed by atoms with Crippen LogP contribution in [0.15, 0.2) is 24.3 Å². The molecule has 1 atom stereocenters. The Labute approximate surface area is 99.1 Å². The normalized spacial score (nSPS) is 11.7. The molecule has 0 fully saturated rings.